The van der Waals surface area contributed by atoms with Crippen molar-refractivity contribution < 1.29 is 28.7 Å². The Morgan fingerprint density at radius 3 is 2.73 bits per heavy atom. The van der Waals surface area contributed by atoms with Crippen LogP contribution in [0.2, 0.25) is 0 Å². The van der Waals surface area contributed by atoms with E-state index in [-0.39, 0.29) is 25.2 Å². The molecule has 194 valence electrons. The van der Waals surface area contributed by atoms with Gasteiger partial charge in [0.2, 0.25) is 5.91 Å². The Balaban J connectivity index is 1.34. The minimum absolute atomic E-state index is 0.0842. The van der Waals surface area contributed by atoms with Gasteiger partial charge in [0.05, 0.1) is 24.0 Å². The Morgan fingerprint density at radius 2 is 2.00 bits per heavy atom. The molecule has 2 aromatic carbocycles. The Hall–Kier alpha value is -3.76. The molecular weight excluding hydrogens is 479 g/mol. The third-order valence-electron chi connectivity index (χ3n) is 7.22. The number of hydrogen-bond donors (Lipinski definition) is 3. The summed E-state index contributed by atoms with van der Waals surface area (Å²) in [5.41, 5.74) is 2.75. The number of amides is 1. The molecule has 3 aromatic rings. The second kappa shape index (κ2) is 10.3. The average Bonchev–Trinajstić information content (AvgIpc) is 3.67. The fourth-order valence-electron chi connectivity index (χ4n) is 5.12. The van der Waals surface area contributed by atoms with E-state index in [1.54, 1.807) is 11.5 Å². The van der Waals surface area contributed by atoms with Crippen LogP contribution in [-0.2, 0) is 27.4 Å². The van der Waals surface area contributed by atoms with Gasteiger partial charge < -0.3 is 19.7 Å². The Morgan fingerprint density at radius 1 is 1.22 bits per heavy atom. The smallest absolute Gasteiger partial charge is 0.312 e. The Bertz CT molecular complexity index is 1330. The van der Waals surface area contributed by atoms with Crippen molar-refractivity contribution in [2.24, 2.45) is 11.3 Å². The number of esters is 1. The number of hydrogen-bond acceptors (Lipinski definition) is 8. The summed E-state index contributed by atoms with van der Waals surface area (Å²) >= 11 is 0. The fraction of sp³-hybridized carbons (Fsp3) is 0.370. The number of carbonyl (C=O) groups excluding carboxylic acids is 2. The number of anilines is 1. The number of hydroxylamine groups is 1. The summed E-state index contributed by atoms with van der Waals surface area (Å²) in [7, 11) is 1.24. The summed E-state index contributed by atoms with van der Waals surface area (Å²) in [5, 5.41) is 13.2. The van der Waals surface area contributed by atoms with E-state index in [1.807, 2.05) is 30.3 Å². The minimum Gasteiger partial charge on any atom is -0.486 e. The first-order valence-corrected chi connectivity index (χ1v) is 12.2. The third-order valence-corrected chi connectivity index (χ3v) is 7.22. The van der Waals surface area contributed by atoms with Crippen molar-refractivity contribution in [2.45, 2.75) is 19.4 Å². The number of benzene rings is 2. The molecule has 2 fully saturated rings. The topological polar surface area (TPSA) is 113 Å². The highest BCUT2D eigenvalue weighted by Gasteiger charge is 2.64. The molecule has 1 aromatic heterocycles. The van der Waals surface area contributed by atoms with E-state index >= 15 is 4.39 Å². The maximum absolute atomic E-state index is 15.0. The number of aromatic nitrogens is 1. The van der Waals surface area contributed by atoms with Crippen LogP contribution in [0.4, 0.5) is 10.2 Å². The number of carbonyl (C=O) groups is 2. The van der Waals surface area contributed by atoms with Crippen LogP contribution in [0.1, 0.15) is 17.5 Å². The molecule has 10 heteroatoms. The van der Waals surface area contributed by atoms with Gasteiger partial charge >= 0.3 is 5.97 Å². The van der Waals surface area contributed by atoms with Crippen LogP contribution in [0.15, 0.2) is 48.5 Å². The van der Waals surface area contributed by atoms with Gasteiger partial charge in [-0.1, -0.05) is 24.3 Å². The van der Waals surface area contributed by atoms with Gasteiger partial charge in [-0.15, -0.1) is 0 Å². The second-order valence-electron chi connectivity index (χ2n) is 9.50. The maximum Gasteiger partial charge on any atom is 0.312 e. The highest BCUT2D eigenvalue weighted by Crippen LogP contribution is 2.55. The van der Waals surface area contributed by atoms with Crippen molar-refractivity contribution in [2.75, 3.05) is 38.2 Å². The highest BCUT2D eigenvalue weighted by atomic mass is 19.1. The van der Waals surface area contributed by atoms with E-state index in [0.717, 1.165) is 48.5 Å². The fourth-order valence-corrected chi connectivity index (χ4v) is 5.12. The normalized spacial score (nSPS) is 20.9. The summed E-state index contributed by atoms with van der Waals surface area (Å²) in [6, 6.07) is 14.3. The summed E-state index contributed by atoms with van der Waals surface area (Å²) in [5.74, 6) is -1.56. The number of pyridine rings is 1. The molecule has 5 rings (SSSR count). The standard InChI is InChI=1S/C27H29FN4O5/c1-36-26(34)27(15-20(27)25(33)31-35)14-17-6-7-23(21(28)12-17)37-16-18-13-24(32-10-8-29-9-11-32)30-22-5-3-2-4-19(18)22/h2-7,12-13,20,29,35H,8-11,14-16H2,1H3,(H,31,33)/t20-,27+/m1/s1. The highest BCUT2D eigenvalue weighted by molar-refractivity contribution is 5.93. The Kier molecular flexibility index (Phi) is 6.94. The number of methoxy groups -OCH3 is 1. The van der Waals surface area contributed by atoms with Gasteiger partial charge in [0.25, 0.3) is 0 Å². The molecule has 0 bridgehead atoms. The van der Waals surface area contributed by atoms with E-state index in [1.165, 1.54) is 19.2 Å². The lowest BCUT2D eigenvalue weighted by Crippen LogP contribution is -2.43. The van der Waals surface area contributed by atoms with Gasteiger partial charge in [-0.25, -0.2) is 14.9 Å². The quantitative estimate of drug-likeness (QED) is 0.242. The van der Waals surface area contributed by atoms with Crippen LogP contribution >= 0.6 is 0 Å². The van der Waals surface area contributed by atoms with Gasteiger partial charge in [0.1, 0.15) is 12.4 Å². The SMILES string of the molecule is COC(=O)[C@@]1(Cc2ccc(OCc3cc(N4CCNCC4)nc4ccccc34)c(F)c2)C[C@@H]1C(=O)NO. The number of fused-ring (bicyclic) bond motifs is 1. The molecule has 0 radical (unpaired) electrons. The first-order valence-electron chi connectivity index (χ1n) is 12.2. The number of halogens is 1. The van der Waals surface area contributed by atoms with Gasteiger partial charge in [0, 0.05) is 37.1 Å². The van der Waals surface area contributed by atoms with Gasteiger partial charge in [-0.3, -0.25) is 14.8 Å². The largest absolute Gasteiger partial charge is 0.486 e. The van der Waals surface area contributed by atoms with Gasteiger partial charge in [-0.05, 0) is 42.7 Å². The molecule has 2 atom stereocenters. The molecule has 37 heavy (non-hydrogen) atoms. The number of para-hydroxylation sites is 1. The summed E-state index contributed by atoms with van der Waals surface area (Å²) in [6.45, 7) is 3.65. The van der Waals surface area contributed by atoms with E-state index in [2.05, 4.69) is 10.2 Å². The Labute approximate surface area is 213 Å². The first kappa shape index (κ1) is 24.9. The predicted molar refractivity (Wildman–Crippen MR) is 134 cm³/mol. The molecule has 1 aliphatic heterocycles. The maximum atomic E-state index is 15.0. The number of ether oxygens (including phenoxy) is 2. The minimum atomic E-state index is -1.12. The summed E-state index contributed by atoms with van der Waals surface area (Å²) < 4.78 is 25.8. The van der Waals surface area contributed by atoms with E-state index in [4.69, 9.17) is 19.7 Å². The molecule has 1 amide bonds. The summed E-state index contributed by atoms with van der Waals surface area (Å²) in [6.07, 6.45) is 0.328. The molecule has 0 spiro atoms. The van der Waals surface area contributed by atoms with E-state index < -0.39 is 29.0 Å². The van der Waals surface area contributed by atoms with Crippen molar-refractivity contribution in [3.05, 3.63) is 65.5 Å². The van der Waals surface area contributed by atoms with Gasteiger partial charge in [0.15, 0.2) is 11.6 Å². The van der Waals surface area contributed by atoms with Crippen molar-refractivity contribution in [1.29, 1.82) is 0 Å². The zero-order valence-electron chi connectivity index (χ0n) is 20.5. The number of piperazine rings is 1. The molecule has 3 N–H and O–H groups in total. The molecule has 1 saturated carbocycles. The van der Waals surface area contributed by atoms with Crippen LogP contribution in [0, 0.1) is 17.2 Å². The third kappa shape index (κ3) is 4.94. The average molecular weight is 509 g/mol. The predicted octanol–water partition coefficient (Wildman–Crippen LogP) is 2.59. The van der Waals surface area contributed by atoms with Crippen molar-refractivity contribution >= 4 is 28.6 Å². The van der Waals surface area contributed by atoms with Crippen molar-refractivity contribution in [1.82, 2.24) is 15.8 Å². The zero-order valence-corrected chi connectivity index (χ0v) is 20.5. The van der Waals surface area contributed by atoms with E-state index in [9.17, 15) is 9.59 Å². The van der Waals surface area contributed by atoms with E-state index in [0.29, 0.717) is 5.56 Å². The molecular formula is C27H29FN4O5. The lowest BCUT2D eigenvalue weighted by Gasteiger charge is -2.29. The molecule has 1 saturated heterocycles. The van der Waals surface area contributed by atoms with Crippen LogP contribution in [0.25, 0.3) is 10.9 Å². The van der Waals surface area contributed by atoms with Crippen LogP contribution in [0.3, 0.4) is 0 Å². The molecule has 2 heterocycles. The van der Waals surface area contributed by atoms with Crippen LogP contribution in [-0.4, -0.2) is 55.4 Å². The molecule has 9 nitrogen and oxygen atoms in total. The molecule has 0 unspecified atom stereocenters. The monoisotopic (exact) mass is 508 g/mol. The number of nitrogens with zero attached hydrogens (tertiary/aromatic N) is 2. The number of nitrogens with one attached hydrogen (secondary N) is 2. The zero-order chi connectivity index (χ0) is 26.0. The molecule has 2 aliphatic rings. The second-order valence-corrected chi connectivity index (χ2v) is 9.50. The number of rotatable bonds is 8. The lowest BCUT2D eigenvalue weighted by atomic mass is 9.93. The van der Waals surface area contributed by atoms with Crippen LogP contribution < -0.4 is 20.4 Å². The summed E-state index contributed by atoms with van der Waals surface area (Å²) in [4.78, 5) is 31.3. The van der Waals surface area contributed by atoms with Crippen molar-refractivity contribution in [3.8, 4) is 5.75 Å². The molecule has 1 aliphatic carbocycles. The lowest BCUT2D eigenvalue weighted by molar-refractivity contribution is -0.149. The van der Waals surface area contributed by atoms with Crippen molar-refractivity contribution in [3.63, 3.8) is 0 Å². The van der Waals surface area contributed by atoms with Crippen LogP contribution in [0.5, 0.6) is 5.75 Å². The first-order chi connectivity index (χ1) is 17.9. The van der Waals surface area contributed by atoms with Gasteiger partial charge in [-0.2, -0.15) is 0 Å².